The first-order chi connectivity index (χ1) is 12.8. The van der Waals surface area contributed by atoms with E-state index in [1.54, 1.807) is 6.92 Å². The Bertz CT molecular complexity index is 913. The minimum atomic E-state index is -0.601. The SMILES string of the molecule is Cc1ccc(C(C)C)c(OC(C)C(=O)NC(C)c2nc3ccccc3[nH]2)c1. The molecule has 1 heterocycles. The van der Waals surface area contributed by atoms with Gasteiger partial charge >= 0.3 is 0 Å². The Labute approximate surface area is 160 Å². The number of carbonyl (C=O) groups excluding carboxylic acids is 1. The third-order valence-electron chi connectivity index (χ3n) is 4.64. The summed E-state index contributed by atoms with van der Waals surface area (Å²) in [7, 11) is 0. The van der Waals surface area contributed by atoms with Gasteiger partial charge in [-0.2, -0.15) is 0 Å². The smallest absolute Gasteiger partial charge is 0.261 e. The van der Waals surface area contributed by atoms with E-state index in [2.05, 4.69) is 41.3 Å². The molecule has 0 aliphatic rings. The molecule has 0 radical (unpaired) electrons. The number of nitrogens with zero attached hydrogens (tertiary/aromatic N) is 1. The predicted octanol–water partition coefficient (Wildman–Crippen LogP) is 4.64. The molecule has 5 heteroatoms. The number of carbonyl (C=O) groups is 1. The number of hydrogen-bond donors (Lipinski definition) is 2. The Hall–Kier alpha value is -2.82. The van der Waals surface area contributed by atoms with Gasteiger partial charge < -0.3 is 15.0 Å². The molecule has 1 aromatic heterocycles. The summed E-state index contributed by atoms with van der Waals surface area (Å²) in [4.78, 5) is 20.4. The molecule has 0 fully saturated rings. The third-order valence-corrected chi connectivity index (χ3v) is 4.64. The van der Waals surface area contributed by atoms with Crippen LogP contribution >= 0.6 is 0 Å². The van der Waals surface area contributed by atoms with E-state index in [0.29, 0.717) is 5.92 Å². The summed E-state index contributed by atoms with van der Waals surface area (Å²) in [6, 6.07) is 13.7. The highest BCUT2D eigenvalue weighted by atomic mass is 16.5. The van der Waals surface area contributed by atoms with Crippen molar-refractivity contribution >= 4 is 16.9 Å². The Morgan fingerprint density at radius 2 is 1.85 bits per heavy atom. The average Bonchev–Trinajstić information content (AvgIpc) is 3.05. The number of rotatable bonds is 6. The standard InChI is InChI=1S/C22H27N3O2/c1-13(2)17-11-10-14(3)12-20(17)27-16(5)22(26)23-15(4)21-24-18-8-6-7-9-19(18)25-21/h6-13,15-16H,1-5H3,(H,23,26)(H,24,25). The van der Waals surface area contributed by atoms with Gasteiger partial charge in [0.2, 0.25) is 0 Å². The minimum absolute atomic E-state index is 0.167. The summed E-state index contributed by atoms with van der Waals surface area (Å²) in [6.45, 7) is 9.94. The van der Waals surface area contributed by atoms with Crippen molar-refractivity contribution in [1.29, 1.82) is 0 Å². The van der Waals surface area contributed by atoms with Crippen molar-refractivity contribution in [3.63, 3.8) is 0 Å². The molecule has 142 valence electrons. The van der Waals surface area contributed by atoms with Crippen LogP contribution in [0.15, 0.2) is 42.5 Å². The van der Waals surface area contributed by atoms with E-state index in [1.165, 1.54) is 0 Å². The van der Waals surface area contributed by atoms with Crippen molar-refractivity contribution in [2.24, 2.45) is 0 Å². The molecule has 0 bridgehead atoms. The maximum atomic E-state index is 12.6. The molecular weight excluding hydrogens is 338 g/mol. The largest absolute Gasteiger partial charge is 0.481 e. The van der Waals surface area contributed by atoms with Gasteiger partial charge in [0.1, 0.15) is 11.6 Å². The Balaban J connectivity index is 1.69. The van der Waals surface area contributed by atoms with Crippen LogP contribution in [-0.2, 0) is 4.79 Å². The number of aromatic amines is 1. The van der Waals surface area contributed by atoms with Crippen LogP contribution in [-0.4, -0.2) is 22.0 Å². The van der Waals surface area contributed by atoms with E-state index < -0.39 is 6.10 Å². The van der Waals surface area contributed by atoms with Gasteiger partial charge in [0.25, 0.3) is 5.91 Å². The van der Waals surface area contributed by atoms with Gasteiger partial charge in [0, 0.05) is 0 Å². The highest BCUT2D eigenvalue weighted by molar-refractivity contribution is 5.81. The van der Waals surface area contributed by atoms with Gasteiger partial charge in [-0.15, -0.1) is 0 Å². The molecule has 3 aromatic rings. The van der Waals surface area contributed by atoms with Crippen molar-refractivity contribution in [1.82, 2.24) is 15.3 Å². The zero-order valence-electron chi connectivity index (χ0n) is 16.5. The number of nitrogens with one attached hydrogen (secondary N) is 2. The normalized spacial score (nSPS) is 13.6. The quantitative estimate of drug-likeness (QED) is 0.669. The first-order valence-electron chi connectivity index (χ1n) is 9.37. The number of H-pyrrole nitrogens is 1. The van der Waals surface area contributed by atoms with Gasteiger partial charge in [-0.25, -0.2) is 4.98 Å². The molecule has 2 atom stereocenters. The second-order valence-corrected chi connectivity index (χ2v) is 7.33. The van der Waals surface area contributed by atoms with Crippen LogP contribution in [0.1, 0.15) is 56.6 Å². The number of para-hydroxylation sites is 2. The predicted molar refractivity (Wildman–Crippen MR) is 108 cm³/mol. The van der Waals surface area contributed by atoms with Gasteiger partial charge in [-0.3, -0.25) is 4.79 Å². The van der Waals surface area contributed by atoms with Crippen molar-refractivity contribution in [2.75, 3.05) is 0 Å². The van der Waals surface area contributed by atoms with Crippen LogP contribution in [0.25, 0.3) is 11.0 Å². The Morgan fingerprint density at radius 1 is 1.11 bits per heavy atom. The number of aromatic nitrogens is 2. The summed E-state index contributed by atoms with van der Waals surface area (Å²) < 4.78 is 6.00. The first kappa shape index (κ1) is 19.0. The second kappa shape index (κ2) is 7.82. The van der Waals surface area contributed by atoms with Crippen molar-refractivity contribution in [3.05, 3.63) is 59.4 Å². The summed E-state index contributed by atoms with van der Waals surface area (Å²) in [6.07, 6.45) is -0.601. The van der Waals surface area contributed by atoms with Crippen LogP contribution in [0.4, 0.5) is 0 Å². The lowest BCUT2D eigenvalue weighted by atomic mass is 10.0. The fourth-order valence-corrected chi connectivity index (χ4v) is 3.04. The minimum Gasteiger partial charge on any atom is -0.481 e. The monoisotopic (exact) mass is 365 g/mol. The summed E-state index contributed by atoms with van der Waals surface area (Å²) >= 11 is 0. The van der Waals surface area contributed by atoms with Gasteiger partial charge in [-0.05, 0) is 56.0 Å². The highest BCUT2D eigenvalue weighted by Crippen LogP contribution is 2.28. The molecule has 0 aliphatic carbocycles. The average molecular weight is 365 g/mol. The molecule has 3 rings (SSSR count). The molecule has 0 saturated carbocycles. The van der Waals surface area contributed by atoms with Crippen molar-refractivity contribution in [3.8, 4) is 5.75 Å². The summed E-state index contributed by atoms with van der Waals surface area (Å²) in [5.74, 6) is 1.66. The van der Waals surface area contributed by atoms with Crippen molar-refractivity contribution < 1.29 is 9.53 Å². The van der Waals surface area contributed by atoms with E-state index in [4.69, 9.17) is 4.74 Å². The number of imidazole rings is 1. The van der Waals surface area contributed by atoms with Crippen LogP contribution in [0.2, 0.25) is 0 Å². The van der Waals surface area contributed by atoms with E-state index in [-0.39, 0.29) is 11.9 Å². The molecule has 0 aliphatic heterocycles. The van der Waals surface area contributed by atoms with E-state index in [9.17, 15) is 4.79 Å². The zero-order chi connectivity index (χ0) is 19.6. The lowest BCUT2D eigenvalue weighted by Crippen LogP contribution is -2.38. The Kier molecular flexibility index (Phi) is 5.49. The number of aryl methyl sites for hydroxylation is 1. The lowest BCUT2D eigenvalue weighted by Gasteiger charge is -2.20. The Morgan fingerprint density at radius 3 is 2.56 bits per heavy atom. The molecule has 5 nitrogen and oxygen atoms in total. The van der Waals surface area contributed by atoms with Crippen LogP contribution in [0, 0.1) is 6.92 Å². The van der Waals surface area contributed by atoms with Crippen molar-refractivity contribution in [2.45, 2.75) is 52.7 Å². The molecule has 1 amide bonds. The maximum absolute atomic E-state index is 12.6. The van der Waals surface area contributed by atoms with Gasteiger partial charge in [0.05, 0.1) is 17.1 Å². The zero-order valence-corrected chi connectivity index (χ0v) is 16.5. The number of benzene rings is 2. The van der Waals surface area contributed by atoms with Crippen LogP contribution < -0.4 is 10.1 Å². The molecule has 0 saturated heterocycles. The fraction of sp³-hybridized carbons (Fsp3) is 0.364. The number of ether oxygens (including phenoxy) is 1. The second-order valence-electron chi connectivity index (χ2n) is 7.33. The molecule has 2 unspecified atom stereocenters. The molecule has 2 aromatic carbocycles. The topological polar surface area (TPSA) is 67.0 Å². The first-order valence-corrected chi connectivity index (χ1v) is 9.37. The molecule has 27 heavy (non-hydrogen) atoms. The molecular formula is C22H27N3O2. The van der Waals surface area contributed by atoms with Gasteiger partial charge in [0.15, 0.2) is 6.10 Å². The van der Waals surface area contributed by atoms with E-state index in [0.717, 1.165) is 33.7 Å². The van der Waals surface area contributed by atoms with Crippen LogP contribution in [0.5, 0.6) is 5.75 Å². The summed E-state index contributed by atoms with van der Waals surface area (Å²) in [5.41, 5.74) is 4.06. The number of fused-ring (bicyclic) bond motifs is 1. The van der Waals surface area contributed by atoms with E-state index in [1.807, 2.05) is 44.2 Å². The van der Waals surface area contributed by atoms with Crippen LogP contribution in [0.3, 0.4) is 0 Å². The lowest BCUT2D eigenvalue weighted by molar-refractivity contribution is -0.128. The summed E-state index contributed by atoms with van der Waals surface area (Å²) in [5, 5.41) is 2.98. The fourth-order valence-electron chi connectivity index (χ4n) is 3.04. The highest BCUT2D eigenvalue weighted by Gasteiger charge is 2.21. The number of amides is 1. The molecule has 0 spiro atoms. The third kappa shape index (κ3) is 4.30. The maximum Gasteiger partial charge on any atom is 0.261 e. The molecule has 2 N–H and O–H groups in total. The van der Waals surface area contributed by atoms with E-state index >= 15 is 0 Å². The number of hydrogen-bond acceptors (Lipinski definition) is 3. The van der Waals surface area contributed by atoms with Gasteiger partial charge in [-0.1, -0.05) is 38.1 Å².